The average molecular weight is 759 g/mol. The van der Waals surface area contributed by atoms with Gasteiger partial charge in [-0.3, -0.25) is 0 Å². The van der Waals surface area contributed by atoms with E-state index in [2.05, 4.69) is 181 Å². The molecule has 0 heterocycles. The summed E-state index contributed by atoms with van der Waals surface area (Å²) in [6, 6.07) is 18.6. The van der Waals surface area contributed by atoms with E-state index in [0.717, 1.165) is 63.5 Å². The summed E-state index contributed by atoms with van der Waals surface area (Å²) in [5.74, 6) is 1.96. The van der Waals surface area contributed by atoms with Gasteiger partial charge in [0.1, 0.15) is 0 Å². The second-order valence-corrected chi connectivity index (χ2v) is 16.2. The van der Waals surface area contributed by atoms with Crippen LogP contribution in [0.4, 0.5) is 11.4 Å². The lowest BCUT2D eigenvalue weighted by molar-refractivity contribution is 0.634. The molecule has 0 bridgehead atoms. The Bertz CT molecular complexity index is 2270. The Balaban J connectivity index is 1.10. The average Bonchev–Trinajstić information content (AvgIpc) is 3.98. The molecule has 1 fully saturated rings. The van der Waals surface area contributed by atoms with Gasteiger partial charge in [-0.2, -0.15) is 0 Å². The third-order valence-corrected chi connectivity index (χ3v) is 12.6. The van der Waals surface area contributed by atoms with Gasteiger partial charge in [0.05, 0.1) is 11.7 Å². The fourth-order valence-corrected chi connectivity index (χ4v) is 9.51. The van der Waals surface area contributed by atoms with Gasteiger partial charge in [-0.05, 0) is 133 Å². The van der Waals surface area contributed by atoms with Crippen molar-refractivity contribution in [2.75, 3.05) is 16.3 Å². The van der Waals surface area contributed by atoms with E-state index < -0.39 is 0 Å². The second-order valence-electron chi connectivity index (χ2n) is 16.2. The fourth-order valence-electron chi connectivity index (χ4n) is 9.51. The highest BCUT2D eigenvalue weighted by Crippen LogP contribution is 2.60. The summed E-state index contributed by atoms with van der Waals surface area (Å²) < 4.78 is 0. The molecule has 0 aromatic heterocycles. The minimum absolute atomic E-state index is 0.292. The highest BCUT2D eigenvalue weighted by atomic mass is 15.2. The highest BCUT2D eigenvalue weighted by Gasteiger charge is 2.50. The number of allylic oxidation sites excluding steroid dienone is 24. The van der Waals surface area contributed by atoms with Crippen LogP contribution in [0.3, 0.4) is 0 Å². The zero-order valence-electron chi connectivity index (χ0n) is 34.0. The molecule has 6 aliphatic carbocycles. The van der Waals surface area contributed by atoms with Crippen LogP contribution in [-0.2, 0) is 0 Å². The van der Waals surface area contributed by atoms with E-state index in [1.54, 1.807) is 0 Å². The van der Waals surface area contributed by atoms with E-state index >= 15 is 0 Å². The van der Waals surface area contributed by atoms with Crippen molar-refractivity contribution in [3.8, 4) is 0 Å². The number of rotatable bonds is 15. The Kier molecular flexibility index (Phi) is 12.5. The SMILES string of the molecule is C=C/C=C(\C=C)C1=CCC(N(CCCCC=C)c2ccccc2C2C3C=C(c4ccccc4N(C4=C/C=C/C5=CC=CCC5CC=C4)C4=CC=CCC4)C=C[C@H]32)C=C1. The van der Waals surface area contributed by atoms with Crippen LogP contribution in [0.1, 0.15) is 68.4 Å². The molecule has 2 aromatic carbocycles. The van der Waals surface area contributed by atoms with Gasteiger partial charge in [-0.1, -0.05) is 159 Å². The van der Waals surface area contributed by atoms with Crippen molar-refractivity contribution in [3.63, 3.8) is 0 Å². The number of hydrogen-bond acceptors (Lipinski definition) is 2. The van der Waals surface area contributed by atoms with Crippen LogP contribution in [-0.4, -0.2) is 12.6 Å². The molecule has 0 N–H and O–H groups in total. The Morgan fingerprint density at radius 3 is 2.41 bits per heavy atom. The van der Waals surface area contributed by atoms with Crippen molar-refractivity contribution in [1.29, 1.82) is 0 Å². The molecule has 6 aliphatic rings. The normalized spacial score (nSPS) is 24.9. The fraction of sp³-hybridized carbons (Fsp3) is 0.250. The third kappa shape index (κ3) is 8.53. The Morgan fingerprint density at radius 2 is 1.60 bits per heavy atom. The molecule has 0 radical (unpaired) electrons. The van der Waals surface area contributed by atoms with Gasteiger partial charge < -0.3 is 9.80 Å². The van der Waals surface area contributed by atoms with Crippen LogP contribution in [0, 0.1) is 17.8 Å². The zero-order chi connectivity index (χ0) is 39.7. The number of anilines is 2. The lowest BCUT2D eigenvalue weighted by atomic mass is 9.88. The van der Waals surface area contributed by atoms with E-state index in [9.17, 15) is 0 Å². The molecule has 2 aromatic rings. The number of nitrogens with zero attached hydrogens (tertiary/aromatic N) is 2. The molecule has 58 heavy (non-hydrogen) atoms. The van der Waals surface area contributed by atoms with Crippen LogP contribution in [0.2, 0.25) is 0 Å². The lowest BCUT2D eigenvalue weighted by Crippen LogP contribution is -2.36. The Morgan fingerprint density at radius 1 is 0.759 bits per heavy atom. The number of para-hydroxylation sites is 2. The summed E-state index contributed by atoms with van der Waals surface area (Å²) in [5, 5.41) is 0. The smallest absolute Gasteiger partial charge is 0.0536 e. The summed E-state index contributed by atoms with van der Waals surface area (Å²) in [4.78, 5) is 5.20. The molecular weight excluding hydrogens is 701 g/mol. The van der Waals surface area contributed by atoms with E-state index in [1.165, 1.54) is 50.6 Å². The summed E-state index contributed by atoms with van der Waals surface area (Å²) in [6.07, 6.45) is 56.1. The summed E-state index contributed by atoms with van der Waals surface area (Å²) >= 11 is 0. The van der Waals surface area contributed by atoms with Gasteiger partial charge >= 0.3 is 0 Å². The third-order valence-electron chi connectivity index (χ3n) is 12.6. The van der Waals surface area contributed by atoms with Gasteiger partial charge in [0, 0.05) is 29.2 Å². The standard InChI is InChI=1S/C56H58N2/c1-4-7-8-18-40-57(47-37-34-45(35-38-47)42(6-3)21-5-2)54-32-16-15-31-52(54)56-51-39-36-46(41-53(51)56)50-30-14-17-33-55(50)58(48-26-10-9-11-27-48)49-28-19-24-43-22-12-13-23-44(43)25-20-29-49/h4-6,9-10,12-17,19-22,24,26,28-37,39,41,44,47,51,53,56H,1-3,7-8,11,18,23,25,27,38,40H2/b24-19+,29-20?,42-21+,49-28?/t44?,47?,51-,53?,56?/m1/s1. The zero-order valence-corrected chi connectivity index (χ0v) is 34.0. The molecule has 8 rings (SSSR count). The Hall–Kier alpha value is -5.86. The maximum Gasteiger partial charge on any atom is 0.0536 e. The van der Waals surface area contributed by atoms with E-state index in [-0.39, 0.29) is 0 Å². The van der Waals surface area contributed by atoms with Crippen LogP contribution >= 0.6 is 0 Å². The molecule has 2 heteroatoms. The summed E-state index contributed by atoms with van der Waals surface area (Å²) in [6.45, 7) is 13.0. The van der Waals surface area contributed by atoms with Crippen molar-refractivity contribution >= 4 is 16.9 Å². The summed E-state index contributed by atoms with van der Waals surface area (Å²) in [5.41, 5.74) is 13.0. The quantitative estimate of drug-likeness (QED) is 0.101. The van der Waals surface area contributed by atoms with E-state index in [1.807, 2.05) is 24.3 Å². The number of unbranched alkanes of at least 4 members (excludes halogenated alkanes) is 2. The molecule has 0 spiro atoms. The van der Waals surface area contributed by atoms with Crippen LogP contribution in [0.25, 0.3) is 5.57 Å². The molecule has 0 aliphatic heterocycles. The van der Waals surface area contributed by atoms with E-state index in [0.29, 0.717) is 29.7 Å². The van der Waals surface area contributed by atoms with Gasteiger partial charge in [-0.25, -0.2) is 0 Å². The number of hydrogen-bond donors (Lipinski definition) is 0. The first-order valence-electron chi connectivity index (χ1n) is 21.6. The minimum atomic E-state index is 0.292. The van der Waals surface area contributed by atoms with Crippen molar-refractivity contribution < 1.29 is 0 Å². The van der Waals surface area contributed by atoms with Crippen LogP contribution < -0.4 is 9.80 Å². The predicted molar refractivity (Wildman–Crippen MR) is 250 cm³/mol. The first-order chi connectivity index (χ1) is 28.7. The molecular formula is C56H58N2. The van der Waals surface area contributed by atoms with Crippen molar-refractivity contribution in [3.05, 3.63) is 235 Å². The highest BCUT2D eigenvalue weighted by molar-refractivity contribution is 5.86. The van der Waals surface area contributed by atoms with Gasteiger partial charge in [0.2, 0.25) is 0 Å². The van der Waals surface area contributed by atoms with Crippen molar-refractivity contribution in [2.24, 2.45) is 17.8 Å². The molecule has 2 nitrogen and oxygen atoms in total. The number of benzene rings is 2. The first-order valence-corrected chi connectivity index (χ1v) is 21.6. The van der Waals surface area contributed by atoms with Crippen molar-refractivity contribution in [2.45, 2.75) is 63.3 Å². The Labute approximate surface area is 348 Å². The van der Waals surface area contributed by atoms with Gasteiger partial charge in [0.25, 0.3) is 0 Å². The minimum Gasteiger partial charge on any atom is -0.365 e. The van der Waals surface area contributed by atoms with Crippen LogP contribution in [0.15, 0.2) is 224 Å². The predicted octanol–water partition coefficient (Wildman–Crippen LogP) is 14.3. The molecule has 0 saturated heterocycles. The lowest BCUT2D eigenvalue weighted by Gasteiger charge is -2.35. The topological polar surface area (TPSA) is 6.48 Å². The molecule has 4 unspecified atom stereocenters. The van der Waals surface area contributed by atoms with Crippen molar-refractivity contribution in [1.82, 2.24) is 0 Å². The monoisotopic (exact) mass is 758 g/mol. The molecule has 292 valence electrons. The van der Waals surface area contributed by atoms with Crippen LogP contribution in [0.5, 0.6) is 0 Å². The van der Waals surface area contributed by atoms with Gasteiger partial charge in [-0.15, -0.1) is 6.58 Å². The number of fused-ring (bicyclic) bond motifs is 2. The van der Waals surface area contributed by atoms with E-state index in [4.69, 9.17) is 0 Å². The molecule has 1 saturated carbocycles. The maximum atomic E-state index is 4.05. The second kappa shape index (κ2) is 18.6. The molecule has 0 amide bonds. The maximum absolute atomic E-state index is 4.05. The molecule has 5 atom stereocenters. The largest absolute Gasteiger partial charge is 0.365 e. The summed E-state index contributed by atoms with van der Waals surface area (Å²) in [7, 11) is 0. The first kappa shape index (κ1) is 39.0. The van der Waals surface area contributed by atoms with Gasteiger partial charge in [0.15, 0.2) is 0 Å².